The second kappa shape index (κ2) is 7.14. The Bertz CT molecular complexity index is 458. The van der Waals surface area contributed by atoms with Crippen LogP contribution in [0.5, 0.6) is 5.75 Å². The number of ether oxygens (including phenoxy) is 1. The van der Waals surface area contributed by atoms with Gasteiger partial charge in [-0.05, 0) is 39.0 Å². The summed E-state index contributed by atoms with van der Waals surface area (Å²) < 4.78 is 5.56. The summed E-state index contributed by atoms with van der Waals surface area (Å²) in [6.45, 7) is 6.75. The van der Waals surface area contributed by atoms with E-state index >= 15 is 0 Å². The van der Waals surface area contributed by atoms with E-state index in [1.807, 2.05) is 13.8 Å². The van der Waals surface area contributed by atoms with Crippen LogP contribution >= 0.6 is 11.6 Å². The molecule has 0 saturated heterocycles. The van der Waals surface area contributed by atoms with Gasteiger partial charge in [-0.15, -0.1) is 0 Å². The minimum Gasteiger partial charge on any atom is -0.480 e. The van der Waals surface area contributed by atoms with Crippen molar-refractivity contribution in [1.82, 2.24) is 4.90 Å². The highest BCUT2D eigenvalue weighted by Crippen LogP contribution is 2.22. The van der Waals surface area contributed by atoms with E-state index in [0.29, 0.717) is 35.7 Å². The molecular formula is C14H18ClNO3. The third-order valence-electron chi connectivity index (χ3n) is 2.83. The first kappa shape index (κ1) is 15.5. The molecule has 0 N–H and O–H groups in total. The Labute approximate surface area is 118 Å². The second-order valence-corrected chi connectivity index (χ2v) is 4.51. The van der Waals surface area contributed by atoms with Gasteiger partial charge in [0.05, 0.1) is 5.56 Å². The molecule has 0 bridgehead atoms. The van der Waals surface area contributed by atoms with E-state index in [1.165, 1.54) is 6.07 Å². The fourth-order valence-electron chi connectivity index (χ4n) is 1.75. The highest BCUT2D eigenvalue weighted by atomic mass is 35.5. The monoisotopic (exact) mass is 283 g/mol. The van der Waals surface area contributed by atoms with Crippen LogP contribution in [-0.4, -0.2) is 36.3 Å². The van der Waals surface area contributed by atoms with Crippen LogP contribution < -0.4 is 4.74 Å². The fraction of sp³-hybridized carbons (Fsp3) is 0.429. The molecule has 0 heterocycles. The first-order valence-electron chi connectivity index (χ1n) is 6.23. The van der Waals surface area contributed by atoms with Crippen LogP contribution in [0.3, 0.4) is 0 Å². The van der Waals surface area contributed by atoms with E-state index in [4.69, 9.17) is 16.3 Å². The number of hydrogen-bond acceptors (Lipinski definition) is 3. The molecule has 104 valence electrons. The summed E-state index contributed by atoms with van der Waals surface area (Å²) in [6, 6.07) is 4.73. The fourth-order valence-corrected chi connectivity index (χ4v) is 1.93. The van der Waals surface area contributed by atoms with Gasteiger partial charge in [0, 0.05) is 18.1 Å². The number of amides is 1. The molecule has 0 saturated carbocycles. The first-order chi connectivity index (χ1) is 9.03. The van der Waals surface area contributed by atoms with Gasteiger partial charge in [0.25, 0.3) is 5.91 Å². The minimum atomic E-state index is -0.639. The van der Waals surface area contributed by atoms with Crippen molar-refractivity contribution in [1.29, 1.82) is 0 Å². The van der Waals surface area contributed by atoms with E-state index < -0.39 is 6.10 Å². The summed E-state index contributed by atoms with van der Waals surface area (Å²) in [5, 5.41) is 0.456. The SMILES string of the molecule is CCN(CC)C(=O)C(C)Oc1ccc(Cl)cc1C=O. The summed E-state index contributed by atoms with van der Waals surface area (Å²) in [7, 11) is 0. The molecule has 1 amide bonds. The number of halogens is 1. The zero-order chi connectivity index (χ0) is 14.4. The zero-order valence-electron chi connectivity index (χ0n) is 11.4. The summed E-state index contributed by atoms with van der Waals surface area (Å²) in [4.78, 5) is 24.7. The van der Waals surface area contributed by atoms with Gasteiger partial charge in [-0.2, -0.15) is 0 Å². The van der Waals surface area contributed by atoms with Gasteiger partial charge >= 0.3 is 0 Å². The normalized spacial score (nSPS) is 11.8. The molecule has 1 rings (SSSR count). The highest BCUT2D eigenvalue weighted by Gasteiger charge is 2.20. The molecule has 0 aliphatic heterocycles. The van der Waals surface area contributed by atoms with Crippen molar-refractivity contribution in [2.24, 2.45) is 0 Å². The van der Waals surface area contributed by atoms with Gasteiger partial charge in [-0.3, -0.25) is 9.59 Å². The summed E-state index contributed by atoms with van der Waals surface area (Å²) in [5.41, 5.74) is 0.340. The Morgan fingerprint density at radius 3 is 2.58 bits per heavy atom. The van der Waals surface area contributed by atoms with Gasteiger partial charge in [-0.25, -0.2) is 0 Å². The topological polar surface area (TPSA) is 46.6 Å². The first-order valence-corrected chi connectivity index (χ1v) is 6.61. The number of benzene rings is 1. The Morgan fingerprint density at radius 2 is 2.05 bits per heavy atom. The predicted octanol–water partition coefficient (Wildman–Crippen LogP) is 2.79. The average molecular weight is 284 g/mol. The molecule has 1 unspecified atom stereocenters. The number of rotatable bonds is 6. The minimum absolute atomic E-state index is 0.100. The Hall–Kier alpha value is -1.55. The molecule has 0 radical (unpaired) electrons. The van der Waals surface area contributed by atoms with Crippen LogP contribution in [0.1, 0.15) is 31.1 Å². The number of hydrogen-bond donors (Lipinski definition) is 0. The number of carbonyl (C=O) groups is 2. The van der Waals surface area contributed by atoms with E-state index in [2.05, 4.69) is 0 Å². The van der Waals surface area contributed by atoms with Crippen LogP contribution in [0.4, 0.5) is 0 Å². The molecule has 0 fully saturated rings. The maximum absolute atomic E-state index is 12.1. The molecule has 1 aromatic rings. The van der Waals surface area contributed by atoms with Crippen molar-refractivity contribution in [2.45, 2.75) is 26.9 Å². The third-order valence-corrected chi connectivity index (χ3v) is 3.06. The maximum atomic E-state index is 12.1. The third kappa shape index (κ3) is 3.96. The highest BCUT2D eigenvalue weighted by molar-refractivity contribution is 6.30. The standard InChI is InChI=1S/C14H18ClNO3/c1-4-16(5-2)14(18)10(3)19-13-7-6-12(15)8-11(13)9-17/h6-10H,4-5H2,1-3H3. The van der Waals surface area contributed by atoms with Gasteiger partial charge in [0.15, 0.2) is 12.4 Å². The lowest BCUT2D eigenvalue weighted by Gasteiger charge is -2.23. The van der Waals surface area contributed by atoms with Gasteiger partial charge in [0.1, 0.15) is 5.75 Å². The molecule has 0 aromatic heterocycles. The maximum Gasteiger partial charge on any atom is 0.263 e. The van der Waals surface area contributed by atoms with E-state index in [0.717, 1.165) is 0 Å². The molecule has 19 heavy (non-hydrogen) atoms. The second-order valence-electron chi connectivity index (χ2n) is 4.07. The van der Waals surface area contributed by atoms with Crippen molar-refractivity contribution in [2.75, 3.05) is 13.1 Å². The molecule has 4 nitrogen and oxygen atoms in total. The molecule has 0 aliphatic carbocycles. The van der Waals surface area contributed by atoms with Crippen molar-refractivity contribution in [3.05, 3.63) is 28.8 Å². The lowest BCUT2D eigenvalue weighted by molar-refractivity contribution is -0.137. The Kier molecular flexibility index (Phi) is 5.83. The Morgan fingerprint density at radius 1 is 1.42 bits per heavy atom. The lowest BCUT2D eigenvalue weighted by atomic mass is 10.2. The van der Waals surface area contributed by atoms with Crippen molar-refractivity contribution in [3.63, 3.8) is 0 Å². The predicted molar refractivity (Wildman–Crippen MR) is 74.9 cm³/mol. The van der Waals surface area contributed by atoms with Gasteiger partial charge < -0.3 is 9.64 Å². The quantitative estimate of drug-likeness (QED) is 0.754. The number of aldehydes is 1. The molecule has 0 aliphatic rings. The summed E-state index contributed by atoms with van der Waals surface area (Å²) in [6.07, 6.45) is 0.0234. The van der Waals surface area contributed by atoms with Crippen molar-refractivity contribution >= 4 is 23.8 Å². The number of carbonyl (C=O) groups excluding carboxylic acids is 2. The van der Waals surface area contributed by atoms with Crippen LogP contribution in [-0.2, 0) is 4.79 Å². The number of likely N-dealkylation sites (N-methyl/N-ethyl adjacent to an activating group) is 1. The van der Waals surface area contributed by atoms with Crippen LogP contribution in [0.25, 0.3) is 0 Å². The molecule has 1 atom stereocenters. The molecule has 1 aromatic carbocycles. The van der Waals surface area contributed by atoms with Gasteiger partial charge in [0.2, 0.25) is 0 Å². The smallest absolute Gasteiger partial charge is 0.263 e. The lowest BCUT2D eigenvalue weighted by Crippen LogP contribution is -2.40. The van der Waals surface area contributed by atoms with E-state index in [9.17, 15) is 9.59 Å². The summed E-state index contributed by atoms with van der Waals surface area (Å²) in [5.74, 6) is 0.268. The van der Waals surface area contributed by atoms with Crippen molar-refractivity contribution < 1.29 is 14.3 Å². The van der Waals surface area contributed by atoms with Gasteiger partial charge in [-0.1, -0.05) is 11.6 Å². The van der Waals surface area contributed by atoms with E-state index in [-0.39, 0.29) is 5.91 Å². The average Bonchev–Trinajstić information content (AvgIpc) is 2.41. The number of nitrogens with zero attached hydrogens (tertiary/aromatic N) is 1. The molecular weight excluding hydrogens is 266 g/mol. The van der Waals surface area contributed by atoms with Crippen LogP contribution in [0, 0.1) is 0 Å². The largest absolute Gasteiger partial charge is 0.480 e. The Balaban J connectivity index is 2.84. The van der Waals surface area contributed by atoms with Crippen LogP contribution in [0.2, 0.25) is 5.02 Å². The van der Waals surface area contributed by atoms with Crippen LogP contribution in [0.15, 0.2) is 18.2 Å². The summed E-state index contributed by atoms with van der Waals surface area (Å²) >= 11 is 5.80. The zero-order valence-corrected chi connectivity index (χ0v) is 12.1. The molecule has 5 heteroatoms. The molecule has 0 spiro atoms. The van der Waals surface area contributed by atoms with E-state index in [1.54, 1.807) is 24.0 Å². The van der Waals surface area contributed by atoms with Crippen molar-refractivity contribution in [3.8, 4) is 5.75 Å².